The Labute approximate surface area is 91.0 Å². The Hall–Kier alpha value is 1.03. The standard InChI is InChI=1S/C3H7NO3.K.H/c4-2(1-5)3(6)7;;/h2,5H,1,4H2,(H,6,7);;/q;+1;-1/t2-;;/m0../s1. The van der Waals surface area contributed by atoms with Gasteiger partial charge in [0.05, 0.1) is 6.61 Å². The number of rotatable bonds is 2. The van der Waals surface area contributed by atoms with Gasteiger partial charge in [0.15, 0.2) is 0 Å². The van der Waals surface area contributed by atoms with Gasteiger partial charge < -0.3 is 17.4 Å². The molecule has 4 nitrogen and oxygen atoms in total. The Morgan fingerprint density at radius 3 is 2.25 bits per heavy atom. The average Bonchev–Trinajstić information content (AvgIpc) is 1.65. The van der Waals surface area contributed by atoms with Crippen LogP contribution in [-0.2, 0) is 4.79 Å². The van der Waals surface area contributed by atoms with E-state index in [1.807, 2.05) is 0 Å². The third-order valence-corrected chi connectivity index (χ3v) is 0.514. The number of carboxylic acids is 1. The van der Waals surface area contributed by atoms with E-state index in [-0.39, 0.29) is 52.8 Å². The molecule has 0 amide bonds. The van der Waals surface area contributed by atoms with E-state index in [0.717, 1.165) is 0 Å². The first-order valence-corrected chi connectivity index (χ1v) is 1.77. The minimum atomic E-state index is -1.18. The molecule has 0 saturated heterocycles. The van der Waals surface area contributed by atoms with Gasteiger partial charge in [-0.2, -0.15) is 0 Å². The minimum absolute atomic E-state index is 0. The normalized spacial score (nSPS) is 11.8. The van der Waals surface area contributed by atoms with Crippen molar-refractivity contribution < 1.29 is 67.8 Å². The zero-order chi connectivity index (χ0) is 5.86. The fourth-order valence-corrected chi connectivity index (χ4v) is 0.0781. The zero-order valence-corrected chi connectivity index (χ0v) is 7.79. The second-order valence-corrected chi connectivity index (χ2v) is 1.13. The number of hydrogen-bond donors (Lipinski definition) is 3. The van der Waals surface area contributed by atoms with Gasteiger partial charge >= 0.3 is 57.4 Å². The van der Waals surface area contributed by atoms with Crippen molar-refractivity contribution in [3.8, 4) is 0 Å². The summed E-state index contributed by atoms with van der Waals surface area (Å²) in [6.45, 7) is -0.505. The predicted octanol–water partition coefficient (Wildman–Crippen LogP) is -4.49. The maximum atomic E-state index is 9.65. The van der Waals surface area contributed by atoms with Crippen molar-refractivity contribution in [2.45, 2.75) is 6.04 Å². The van der Waals surface area contributed by atoms with E-state index >= 15 is 0 Å². The van der Waals surface area contributed by atoms with E-state index in [1.54, 1.807) is 0 Å². The molecule has 0 heterocycles. The predicted molar refractivity (Wildman–Crippen MR) is 23.8 cm³/mol. The third-order valence-electron chi connectivity index (χ3n) is 0.514. The number of aliphatic carboxylic acids is 1. The van der Waals surface area contributed by atoms with Gasteiger partial charge in [0.25, 0.3) is 0 Å². The molecule has 0 unspecified atom stereocenters. The maximum absolute atomic E-state index is 9.65. The summed E-state index contributed by atoms with van der Waals surface area (Å²) in [7, 11) is 0. The molecule has 4 N–H and O–H groups in total. The van der Waals surface area contributed by atoms with Gasteiger partial charge in [-0.25, -0.2) is 0 Å². The van der Waals surface area contributed by atoms with Crippen molar-refractivity contribution in [1.29, 1.82) is 0 Å². The van der Waals surface area contributed by atoms with Crippen molar-refractivity contribution in [3.05, 3.63) is 0 Å². The summed E-state index contributed by atoms with van der Waals surface area (Å²) < 4.78 is 0. The second-order valence-electron chi connectivity index (χ2n) is 1.13. The van der Waals surface area contributed by atoms with E-state index in [2.05, 4.69) is 0 Å². The molecule has 0 radical (unpaired) electrons. The van der Waals surface area contributed by atoms with Crippen molar-refractivity contribution in [2.75, 3.05) is 6.61 Å². The smallest absolute Gasteiger partial charge is 1.00 e. The van der Waals surface area contributed by atoms with Gasteiger partial charge in [0.2, 0.25) is 0 Å². The summed E-state index contributed by atoms with van der Waals surface area (Å²) >= 11 is 0. The van der Waals surface area contributed by atoms with Crippen LogP contribution < -0.4 is 57.1 Å². The van der Waals surface area contributed by atoms with E-state index in [4.69, 9.17) is 15.9 Å². The number of carboxylic acid groups (broad SMARTS) is 1. The fourth-order valence-electron chi connectivity index (χ4n) is 0.0781. The van der Waals surface area contributed by atoms with Gasteiger partial charge in [-0.3, -0.25) is 4.79 Å². The van der Waals surface area contributed by atoms with Gasteiger partial charge in [0.1, 0.15) is 6.04 Å². The zero-order valence-electron chi connectivity index (χ0n) is 5.66. The first-order chi connectivity index (χ1) is 3.18. The summed E-state index contributed by atoms with van der Waals surface area (Å²) in [4.78, 5) is 9.65. The van der Waals surface area contributed by atoms with Crippen LogP contribution in [0.2, 0.25) is 0 Å². The summed E-state index contributed by atoms with van der Waals surface area (Å²) in [5.41, 5.74) is 4.77. The van der Waals surface area contributed by atoms with E-state index in [1.165, 1.54) is 0 Å². The molecular weight excluding hydrogens is 137 g/mol. The van der Waals surface area contributed by atoms with Crippen molar-refractivity contribution in [2.24, 2.45) is 5.73 Å². The monoisotopic (exact) mass is 145 g/mol. The number of aliphatic hydroxyl groups is 1. The summed E-state index contributed by atoms with van der Waals surface area (Å²) in [5, 5.41) is 15.9. The van der Waals surface area contributed by atoms with Gasteiger partial charge in [-0.05, 0) is 0 Å². The second kappa shape index (κ2) is 6.15. The molecule has 0 saturated carbocycles. The molecule has 0 aromatic carbocycles. The van der Waals surface area contributed by atoms with Crippen LogP contribution in [0.5, 0.6) is 0 Å². The number of aliphatic hydroxyl groups excluding tert-OH is 1. The molecule has 0 fully saturated rings. The molecule has 0 aliphatic heterocycles. The summed E-state index contributed by atoms with van der Waals surface area (Å²) in [6.07, 6.45) is 0. The summed E-state index contributed by atoms with van der Waals surface area (Å²) in [6, 6.07) is -1.13. The van der Waals surface area contributed by atoms with Crippen LogP contribution in [0.3, 0.4) is 0 Å². The molecule has 8 heavy (non-hydrogen) atoms. The Morgan fingerprint density at radius 2 is 2.25 bits per heavy atom. The number of carbonyl (C=O) groups is 1. The average molecular weight is 145 g/mol. The fraction of sp³-hybridized carbons (Fsp3) is 0.667. The molecule has 5 heteroatoms. The molecule has 0 rings (SSSR count). The van der Waals surface area contributed by atoms with Crippen LogP contribution in [0.1, 0.15) is 1.43 Å². The van der Waals surface area contributed by atoms with Crippen molar-refractivity contribution in [1.82, 2.24) is 0 Å². The van der Waals surface area contributed by atoms with Crippen LogP contribution >= 0.6 is 0 Å². The van der Waals surface area contributed by atoms with Crippen molar-refractivity contribution in [3.63, 3.8) is 0 Å². The topological polar surface area (TPSA) is 83.5 Å². The Kier molecular flexibility index (Phi) is 9.06. The van der Waals surface area contributed by atoms with Crippen LogP contribution in [0.4, 0.5) is 0 Å². The number of nitrogens with two attached hydrogens (primary N) is 1. The first kappa shape index (κ1) is 11.8. The molecule has 0 aromatic heterocycles. The largest absolute Gasteiger partial charge is 1.00 e. The molecule has 44 valence electrons. The molecule has 0 aliphatic rings. The third kappa shape index (κ3) is 5.17. The minimum Gasteiger partial charge on any atom is -1.00 e. The van der Waals surface area contributed by atoms with Gasteiger partial charge in [-0.15, -0.1) is 0 Å². The van der Waals surface area contributed by atoms with E-state index in [0.29, 0.717) is 0 Å². The molecule has 0 spiro atoms. The Balaban J connectivity index is -0.000000180. The quantitative estimate of drug-likeness (QED) is 0.342. The molecule has 0 aromatic rings. The van der Waals surface area contributed by atoms with Gasteiger partial charge in [-0.1, -0.05) is 0 Å². The van der Waals surface area contributed by atoms with E-state index < -0.39 is 18.6 Å². The first-order valence-electron chi connectivity index (χ1n) is 1.77. The number of hydrogen-bond acceptors (Lipinski definition) is 3. The van der Waals surface area contributed by atoms with Crippen LogP contribution in [0.25, 0.3) is 0 Å². The molecule has 0 bridgehead atoms. The van der Waals surface area contributed by atoms with Crippen molar-refractivity contribution >= 4 is 5.97 Å². The molecule has 0 aliphatic carbocycles. The SMILES string of the molecule is N[C@@H](CO)C(=O)O.[H-].[K+]. The molecule has 1 atom stereocenters. The maximum Gasteiger partial charge on any atom is 1.00 e. The van der Waals surface area contributed by atoms with Crippen LogP contribution in [0, 0.1) is 0 Å². The molecular formula is C3H8KNO3. The van der Waals surface area contributed by atoms with E-state index in [9.17, 15) is 4.79 Å². The Bertz CT molecular complexity index is 81.5. The van der Waals surface area contributed by atoms with Crippen LogP contribution in [0.15, 0.2) is 0 Å². The Morgan fingerprint density at radius 1 is 1.88 bits per heavy atom. The summed E-state index contributed by atoms with van der Waals surface area (Å²) in [5.74, 6) is -1.18. The van der Waals surface area contributed by atoms with Gasteiger partial charge in [0, 0.05) is 0 Å². The van der Waals surface area contributed by atoms with Crippen LogP contribution in [-0.4, -0.2) is 28.8 Å².